The molecule has 0 aliphatic carbocycles. The van der Waals surface area contributed by atoms with Gasteiger partial charge in [0.1, 0.15) is 0 Å². The Hall–Kier alpha value is -1.04. The Kier molecular flexibility index (Phi) is 5.60. The van der Waals surface area contributed by atoms with Gasteiger partial charge >= 0.3 is 167 Å². The summed E-state index contributed by atoms with van der Waals surface area (Å²) in [7, 11) is 0. The molecule has 0 spiro atoms. The van der Waals surface area contributed by atoms with E-state index in [0.29, 0.717) is 11.1 Å². The average Bonchev–Trinajstić information content (AvgIpc) is 2.85. The van der Waals surface area contributed by atoms with Crippen LogP contribution < -0.4 is 0 Å². The molecular formula is C18H21F6IO3. The van der Waals surface area contributed by atoms with Gasteiger partial charge in [0.2, 0.25) is 0 Å². The first-order valence-electron chi connectivity index (χ1n) is 8.24. The Morgan fingerprint density at radius 2 is 1.29 bits per heavy atom. The van der Waals surface area contributed by atoms with Gasteiger partial charge in [0.05, 0.1) is 0 Å². The molecule has 0 saturated carbocycles. The average molecular weight is 526 g/mol. The molecule has 0 aromatic heterocycles. The topological polar surface area (TPSA) is 35.5 Å². The molecule has 1 aromatic rings. The van der Waals surface area contributed by atoms with Crippen molar-refractivity contribution in [1.29, 1.82) is 0 Å². The number of carbonyl (C=O) groups excluding carboxylic acids is 1. The van der Waals surface area contributed by atoms with Crippen molar-refractivity contribution in [2.45, 2.75) is 66.4 Å². The SMILES string of the molecule is Cc1c(C)c(C)c2c(c1C)I(OC(=O)C(C)(C)C)OC2(C(F)(F)F)C(F)(F)F. The zero-order valence-electron chi connectivity index (χ0n) is 16.4. The Morgan fingerprint density at radius 1 is 0.857 bits per heavy atom. The summed E-state index contributed by atoms with van der Waals surface area (Å²) in [5.74, 6) is -0.904. The molecule has 0 bridgehead atoms. The first-order valence-corrected chi connectivity index (χ1v) is 11.1. The van der Waals surface area contributed by atoms with Gasteiger partial charge in [-0.2, -0.15) is 0 Å². The van der Waals surface area contributed by atoms with Crippen LogP contribution >= 0.6 is 20.6 Å². The Labute approximate surface area is 167 Å². The second kappa shape index (κ2) is 6.75. The van der Waals surface area contributed by atoms with Crippen LogP contribution in [0, 0.1) is 36.7 Å². The number of fused-ring (bicyclic) bond motifs is 1. The Morgan fingerprint density at radius 3 is 1.68 bits per heavy atom. The third kappa shape index (κ3) is 3.29. The predicted octanol–water partition coefficient (Wildman–Crippen LogP) is 6.37. The number of rotatable bonds is 1. The molecule has 1 heterocycles. The van der Waals surface area contributed by atoms with E-state index in [1.807, 2.05) is 0 Å². The molecule has 1 aliphatic rings. The molecule has 10 heteroatoms. The monoisotopic (exact) mass is 526 g/mol. The van der Waals surface area contributed by atoms with Gasteiger partial charge in [0, 0.05) is 0 Å². The number of halogens is 7. The molecule has 28 heavy (non-hydrogen) atoms. The minimum absolute atomic E-state index is 0.153. The molecule has 0 N–H and O–H groups in total. The molecule has 1 aromatic carbocycles. The molecule has 2 rings (SSSR count). The summed E-state index contributed by atoms with van der Waals surface area (Å²) in [6.07, 6.45) is -11.6. The van der Waals surface area contributed by atoms with E-state index in [-0.39, 0.29) is 14.7 Å². The fraction of sp³-hybridized carbons (Fsp3) is 0.611. The number of hydrogen-bond acceptors (Lipinski definition) is 3. The molecule has 0 atom stereocenters. The van der Waals surface area contributed by atoms with Crippen LogP contribution in [0.2, 0.25) is 0 Å². The summed E-state index contributed by atoms with van der Waals surface area (Å²) in [6, 6.07) is 0. The summed E-state index contributed by atoms with van der Waals surface area (Å²) in [4.78, 5) is 12.3. The third-order valence-corrected chi connectivity index (χ3v) is 8.94. The molecule has 0 unspecified atom stereocenters. The van der Waals surface area contributed by atoms with Crippen molar-refractivity contribution in [2.75, 3.05) is 0 Å². The first-order chi connectivity index (χ1) is 12.4. The quantitative estimate of drug-likeness (QED) is 0.316. The van der Waals surface area contributed by atoms with Gasteiger partial charge in [0.25, 0.3) is 0 Å². The van der Waals surface area contributed by atoms with Crippen LogP contribution in [0.15, 0.2) is 0 Å². The molecule has 0 amide bonds. The molecule has 160 valence electrons. The second-order valence-corrected chi connectivity index (χ2v) is 11.0. The van der Waals surface area contributed by atoms with Crippen molar-refractivity contribution in [3.8, 4) is 0 Å². The van der Waals surface area contributed by atoms with Crippen molar-refractivity contribution in [3.63, 3.8) is 0 Å². The van der Waals surface area contributed by atoms with Crippen LogP contribution in [-0.4, -0.2) is 18.3 Å². The van der Waals surface area contributed by atoms with Gasteiger partial charge < -0.3 is 0 Å². The molecule has 3 nitrogen and oxygen atoms in total. The van der Waals surface area contributed by atoms with E-state index in [1.54, 1.807) is 6.92 Å². The maximum atomic E-state index is 13.9. The van der Waals surface area contributed by atoms with Crippen molar-refractivity contribution in [2.24, 2.45) is 5.41 Å². The molecule has 1 aliphatic heterocycles. The minimum atomic E-state index is -5.78. The third-order valence-electron chi connectivity index (χ3n) is 4.85. The summed E-state index contributed by atoms with van der Waals surface area (Å²) in [6.45, 7) is 10.1. The van der Waals surface area contributed by atoms with Gasteiger partial charge in [-0.3, -0.25) is 0 Å². The normalized spacial score (nSPS) is 18.2. The van der Waals surface area contributed by atoms with Gasteiger partial charge in [-0.1, -0.05) is 0 Å². The number of hydrogen-bond donors (Lipinski definition) is 0. The Bertz CT molecular complexity index is 807. The van der Waals surface area contributed by atoms with E-state index in [9.17, 15) is 31.1 Å². The van der Waals surface area contributed by atoms with Crippen LogP contribution in [0.1, 0.15) is 48.6 Å². The summed E-state index contributed by atoms with van der Waals surface area (Å²) < 4.78 is 93.2. The second-order valence-electron chi connectivity index (χ2n) is 7.77. The molecule has 0 fully saturated rings. The van der Waals surface area contributed by atoms with Crippen molar-refractivity contribution < 1.29 is 37.3 Å². The summed E-state index contributed by atoms with van der Waals surface area (Å²) in [5, 5.41) is 0. The maximum absolute atomic E-state index is 13.9. The van der Waals surface area contributed by atoms with Gasteiger partial charge in [-0.15, -0.1) is 0 Å². The molecule has 0 saturated heterocycles. The standard InChI is InChI=1S/C18H21F6IO3/c1-8-9(2)11(4)13-12(10(8)3)16(17(19,20)21,18(22,23)24)28-25(13)27-14(26)15(5,6)7/h1-7H3. The van der Waals surface area contributed by atoms with E-state index in [4.69, 9.17) is 6.13 Å². The van der Waals surface area contributed by atoms with E-state index in [0.717, 1.165) is 0 Å². The van der Waals surface area contributed by atoms with E-state index in [2.05, 4.69) is 0 Å². The number of benzene rings is 1. The van der Waals surface area contributed by atoms with Crippen molar-refractivity contribution in [1.82, 2.24) is 0 Å². The number of carbonyl (C=O) groups is 1. The summed E-state index contributed by atoms with van der Waals surface area (Å²) >= 11 is -4.09. The zero-order valence-corrected chi connectivity index (χ0v) is 18.5. The van der Waals surface area contributed by atoms with Crippen LogP contribution in [0.3, 0.4) is 0 Å². The van der Waals surface area contributed by atoms with Gasteiger partial charge in [-0.05, 0) is 0 Å². The Balaban J connectivity index is 2.89. The summed E-state index contributed by atoms with van der Waals surface area (Å²) in [5.41, 5.74) is -5.64. The fourth-order valence-electron chi connectivity index (χ4n) is 2.83. The molecule has 0 radical (unpaired) electrons. The zero-order chi connectivity index (χ0) is 22.0. The van der Waals surface area contributed by atoms with Crippen molar-refractivity contribution in [3.05, 3.63) is 31.4 Å². The van der Waals surface area contributed by atoms with Crippen LogP contribution in [0.25, 0.3) is 0 Å². The van der Waals surface area contributed by atoms with Crippen LogP contribution in [-0.2, 0) is 16.5 Å². The molecular weight excluding hydrogens is 505 g/mol. The predicted molar refractivity (Wildman–Crippen MR) is 98.5 cm³/mol. The first kappa shape index (κ1) is 23.2. The van der Waals surface area contributed by atoms with Gasteiger partial charge in [0.15, 0.2) is 0 Å². The van der Waals surface area contributed by atoms with Crippen molar-refractivity contribution >= 4 is 26.6 Å². The van der Waals surface area contributed by atoms with Gasteiger partial charge in [-0.25, -0.2) is 0 Å². The number of alkyl halides is 6. The van der Waals surface area contributed by atoms with E-state index in [1.165, 1.54) is 41.5 Å². The van der Waals surface area contributed by atoms with Crippen LogP contribution in [0.4, 0.5) is 26.3 Å². The van der Waals surface area contributed by atoms with E-state index >= 15 is 0 Å². The van der Waals surface area contributed by atoms with E-state index < -0.39 is 55.6 Å². The fourth-order valence-corrected chi connectivity index (χ4v) is 7.99. The van der Waals surface area contributed by atoms with Crippen LogP contribution in [0.5, 0.6) is 0 Å².